The largest absolute Gasteiger partial charge is 0.337 e. The average molecular weight is 393 g/mol. The van der Waals surface area contributed by atoms with Gasteiger partial charge >= 0.3 is 0 Å². The third kappa shape index (κ3) is 3.17. The summed E-state index contributed by atoms with van der Waals surface area (Å²) in [5.41, 5.74) is 0. The maximum absolute atomic E-state index is 12.5. The highest BCUT2D eigenvalue weighted by molar-refractivity contribution is 9.13. The summed E-state index contributed by atoms with van der Waals surface area (Å²) >= 11 is 8.44. The van der Waals surface area contributed by atoms with E-state index in [0.717, 1.165) is 38.1 Å². The second-order valence-electron chi connectivity index (χ2n) is 5.33. The highest BCUT2D eigenvalue weighted by Crippen LogP contribution is 2.36. The Bertz CT molecular complexity index is 432. The Kier molecular flexibility index (Phi) is 3.83. The van der Waals surface area contributed by atoms with Crippen LogP contribution in [0.5, 0.6) is 0 Å². The van der Waals surface area contributed by atoms with E-state index in [9.17, 15) is 4.79 Å². The van der Waals surface area contributed by atoms with Crippen LogP contribution in [-0.2, 0) is 0 Å². The fraction of sp³-hybridized carbons (Fsp3) is 0.615. The zero-order chi connectivity index (χ0) is 12.7. The van der Waals surface area contributed by atoms with E-state index in [-0.39, 0.29) is 5.91 Å². The van der Waals surface area contributed by atoms with Crippen LogP contribution in [0.4, 0.5) is 0 Å². The van der Waals surface area contributed by atoms with Crippen LogP contribution in [0.15, 0.2) is 14.3 Å². The van der Waals surface area contributed by atoms with Crippen LogP contribution >= 0.6 is 43.2 Å². The number of carbonyl (C=O) groups is 1. The lowest BCUT2D eigenvalue weighted by Crippen LogP contribution is -2.34. The third-order valence-electron chi connectivity index (χ3n) is 3.49. The van der Waals surface area contributed by atoms with Crippen molar-refractivity contribution in [1.29, 1.82) is 0 Å². The zero-order valence-corrected chi connectivity index (χ0v) is 14.0. The van der Waals surface area contributed by atoms with Crippen LogP contribution < -0.4 is 0 Å². The van der Waals surface area contributed by atoms with Crippen molar-refractivity contribution in [2.75, 3.05) is 13.1 Å². The Morgan fingerprint density at radius 2 is 1.78 bits per heavy atom. The van der Waals surface area contributed by atoms with Crippen molar-refractivity contribution in [2.45, 2.75) is 25.7 Å². The molecule has 2 nitrogen and oxygen atoms in total. The van der Waals surface area contributed by atoms with Gasteiger partial charge in [-0.15, -0.1) is 11.3 Å². The van der Waals surface area contributed by atoms with Gasteiger partial charge in [0.15, 0.2) is 0 Å². The van der Waals surface area contributed by atoms with Gasteiger partial charge in [-0.05, 0) is 75.4 Å². The first kappa shape index (κ1) is 13.1. The molecule has 18 heavy (non-hydrogen) atoms. The average Bonchev–Trinajstić information content (AvgIpc) is 3.22. The molecule has 1 heterocycles. The molecule has 3 rings (SSSR count). The lowest BCUT2D eigenvalue weighted by Gasteiger charge is -2.21. The molecule has 0 N–H and O–H groups in total. The predicted octanol–water partition coefficient (Wildman–Crippen LogP) is 4.54. The summed E-state index contributed by atoms with van der Waals surface area (Å²) < 4.78 is 1.98. The number of rotatable bonds is 5. The quantitative estimate of drug-likeness (QED) is 0.720. The van der Waals surface area contributed by atoms with Crippen molar-refractivity contribution in [3.8, 4) is 0 Å². The van der Waals surface area contributed by atoms with Crippen molar-refractivity contribution in [2.24, 2.45) is 11.8 Å². The normalized spacial score (nSPS) is 19.0. The van der Waals surface area contributed by atoms with E-state index in [1.54, 1.807) is 0 Å². The Morgan fingerprint density at radius 3 is 2.17 bits per heavy atom. The second-order valence-corrected chi connectivity index (χ2v) is 8.55. The van der Waals surface area contributed by atoms with Crippen molar-refractivity contribution in [3.63, 3.8) is 0 Å². The molecule has 0 radical (unpaired) electrons. The van der Waals surface area contributed by atoms with Gasteiger partial charge in [-0.3, -0.25) is 4.79 Å². The molecule has 0 atom stereocenters. The molecule has 1 amide bonds. The molecule has 5 heteroatoms. The Hall–Kier alpha value is 0.130. The van der Waals surface area contributed by atoms with Crippen molar-refractivity contribution in [1.82, 2.24) is 4.90 Å². The topological polar surface area (TPSA) is 20.3 Å². The molecule has 0 aromatic carbocycles. The lowest BCUT2D eigenvalue weighted by molar-refractivity contribution is 0.0744. The minimum absolute atomic E-state index is 0.213. The maximum atomic E-state index is 12.5. The van der Waals surface area contributed by atoms with Gasteiger partial charge < -0.3 is 4.90 Å². The molecule has 0 bridgehead atoms. The first-order chi connectivity index (χ1) is 8.63. The number of amides is 1. The van der Waals surface area contributed by atoms with Gasteiger partial charge in [0.05, 0.1) is 8.66 Å². The molecule has 1 aromatic heterocycles. The molecule has 2 fully saturated rings. The molecule has 2 saturated carbocycles. The standard InChI is InChI=1S/C13H15Br2NOS/c14-10-5-11(18-12(10)15)13(17)16(6-8-1-2-8)7-9-3-4-9/h5,8-9H,1-4,6-7H2. The summed E-state index contributed by atoms with van der Waals surface area (Å²) in [6.45, 7) is 1.92. The van der Waals surface area contributed by atoms with Gasteiger partial charge in [0, 0.05) is 17.6 Å². The van der Waals surface area contributed by atoms with Gasteiger partial charge in [0.2, 0.25) is 0 Å². The first-order valence-electron chi connectivity index (χ1n) is 6.37. The lowest BCUT2D eigenvalue weighted by atomic mass is 10.3. The SMILES string of the molecule is O=C(c1cc(Br)c(Br)s1)N(CC1CC1)CC1CC1. The van der Waals surface area contributed by atoms with Crippen molar-refractivity contribution in [3.05, 3.63) is 19.2 Å². The van der Waals surface area contributed by atoms with Crippen LogP contribution in [0.1, 0.15) is 35.4 Å². The monoisotopic (exact) mass is 391 g/mol. The van der Waals surface area contributed by atoms with Crippen LogP contribution in [0.2, 0.25) is 0 Å². The fourth-order valence-electron chi connectivity index (χ4n) is 2.07. The molecule has 1 aromatic rings. The highest BCUT2D eigenvalue weighted by atomic mass is 79.9. The number of nitrogens with zero attached hydrogens (tertiary/aromatic N) is 1. The third-order valence-corrected chi connectivity index (χ3v) is 6.74. The zero-order valence-electron chi connectivity index (χ0n) is 9.99. The molecule has 0 unspecified atom stereocenters. The van der Waals surface area contributed by atoms with E-state index in [0.29, 0.717) is 0 Å². The molecule has 2 aliphatic rings. The molecule has 0 spiro atoms. The molecular weight excluding hydrogens is 378 g/mol. The van der Waals surface area contributed by atoms with Gasteiger partial charge in [0.25, 0.3) is 5.91 Å². The van der Waals surface area contributed by atoms with E-state index in [2.05, 4.69) is 36.8 Å². The molecule has 2 aliphatic carbocycles. The van der Waals surface area contributed by atoms with Crippen molar-refractivity contribution < 1.29 is 4.79 Å². The Morgan fingerprint density at radius 1 is 1.22 bits per heavy atom. The van der Waals surface area contributed by atoms with E-state index < -0.39 is 0 Å². The molecule has 98 valence electrons. The second kappa shape index (κ2) is 5.25. The molecule has 0 aliphatic heterocycles. The van der Waals surface area contributed by atoms with Gasteiger partial charge in [-0.25, -0.2) is 0 Å². The minimum atomic E-state index is 0.213. The van der Waals surface area contributed by atoms with E-state index in [1.807, 2.05) is 6.07 Å². The summed E-state index contributed by atoms with van der Waals surface area (Å²) in [4.78, 5) is 15.5. The van der Waals surface area contributed by atoms with E-state index >= 15 is 0 Å². The van der Waals surface area contributed by atoms with Gasteiger partial charge in [0.1, 0.15) is 0 Å². The fourth-order valence-corrected chi connectivity index (χ4v) is 4.08. The summed E-state index contributed by atoms with van der Waals surface area (Å²) in [7, 11) is 0. The molecule has 0 saturated heterocycles. The predicted molar refractivity (Wildman–Crippen MR) is 81.1 cm³/mol. The minimum Gasteiger partial charge on any atom is -0.337 e. The summed E-state index contributed by atoms with van der Waals surface area (Å²) in [5.74, 6) is 1.74. The van der Waals surface area contributed by atoms with E-state index in [4.69, 9.17) is 0 Å². The number of hydrogen-bond donors (Lipinski definition) is 0. The number of carbonyl (C=O) groups excluding carboxylic acids is 1. The summed E-state index contributed by atoms with van der Waals surface area (Å²) in [5, 5.41) is 0. The van der Waals surface area contributed by atoms with E-state index in [1.165, 1.54) is 37.0 Å². The van der Waals surface area contributed by atoms with Crippen LogP contribution in [0, 0.1) is 11.8 Å². The summed E-state index contributed by atoms with van der Waals surface area (Å²) in [6, 6.07) is 1.93. The van der Waals surface area contributed by atoms with Gasteiger partial charge in [-0.1, -0.05) is 0 Å². The number of thiophene rings is 1. The maximum Gasteiger partial charge on any atom is 0.264 e. The van der Waals surface area contributed by atoms with Crippen LogP contribution in [0.25, 0.3) is 0 Å². The smallest absolute Gasteiger partial charge is 0.264 e. The number of halogens is 2. The first-order valence-corrected chi connectivity index (χ1v) is 8.78. The van der Waals surface area contributed by atoms with Crippen LogP contribution in [0.3, 0.4) is 0 Å². The van der Waals surface area contributed by atoms with Crippen LogP contribution in [-0.4, -0.2) is 23.9 Å². The van der Waals surface area contributed by atoms with Gasteiger partial charge in [-0.2, -0.15) is 0 Å². The highest BCUT2D eigenvalue weighted by Gasteiger charge is 2.32. The number of hydrogen-bond acceptors (Lipinski definition) is 2. The Balaban J connectivity index is 1.72. The van der Waals surface area contributed by atoms with Crippen molar-refractivity contribution >= 4 is 49.1 Å². The Labute approximate surface area is 128 Å². The molecular formula is C13H15Br2NOS. The summed E-state index contributed by atoms with van der Waals surface area (Å²) in [6.07, 6.45) is 5.19.